The minimum absolute atomic E-state index is 0.936. The number of thiocarbonyl (C=S) groups is 1. The Morgan fingerprint density at radius 2 is 2.56 bits per heavy atom. The van der Waals surface area contributed by atoms with Gasteiger partial charge in [-0.05, 0) is 18.1 Å². The highest BCUT2D eigenvalue weighted by molar-refractivity contribution is 7.80. The van der Waals surface area contributed by atoms with E-state index in [0.717, 1.165) is 17.7 Å². The van der Waals surface area contributed by atoms with Crippen LogP contribution in [0.1, 0.15) is 19.8 Å². The van der Waals surface area contributed by atoms with Gasteiger partial charge < -0.3 is 0 Å². The fraction of sp³-hybridized carbons (Fsp3) is 0.375. The molecule has 1 aliphatic carbocycles. The topological polar surface area (TPSA) is 0 Å². The lowest BCUT2D eigenvalue weighted by Gasteiger charge is -2.05. The third kappa shape index (κ3) is 1.49. The summed E-state index contributed by atoms with van der Waals surface area (Å²) in [6.07, 6.45) is 9.06. The second-order valence-electron chi connectivity index (χ2n) is 2.01. The second-order valence-corrected chi connectivity index (χ2v) is 2.50. The molecule has 0 amide bonds. The molecule has 0 nitrogen and oxygen atoms in total. The van der Waals surface area contributed by atoms with Gasteiger partial charge in [0.05, 0.1) is 0 Å². The van der Waals surface area contributed by atoms with Crippen LogP contribution >= 0.6 is 12.2 Å². The van der Waals surface area contributed by atoms with E-state index in [-0.39, 0.29) is 0 Å². The van der Waals surface area contributed by atoms with Gasteiger partial charge >= 0.3 is 0 Å². The minimum Gasteiger partial charge on any atom is -0.0843 e. The molecule has 0 atom stereocenters. The van der Waals surface area contributed by atoms with Crippen LogP contribution in [0.15, 0.2) is 17.7 Å². The van der Waals surface area contributed by atoms with E-state index in [0.29, 0.717) is 0 Å². The van der Waals surface area contributed by atoms with Crippen molar-refractivity contribution < 1.29 is 0 Å². The van der Waals surface area contributed by atoms with Gasteiger partial charge in [-0.2, -0.15) is 0 Å². The summed E-state index contributed by atoms with van der Waals surface area (Å²) in [6.45, 7) is 2.10. The van der Waals surface area contributed by atoms with Crippen LogP contribution in [0.25, 0.3) is 0 Å². The van der Waals surface area contributed by atoms with Crippen LogP contribution in [0.5, 0.6) is 0 Å². The average molecular weight is 137 g/mol. The van der Waals surface area contributed by atoms with Gasteiger partial charge in [-0.25, -0.2) is 0 Å². The maximum absolute atomic E-state index is 5.08. The first-order valence-corrected chi connectivity index (χ1v) is 3.56. The predicted molar refractivity (Wildman–Crippen MR) is 43.4 cm³/mol. The number of allylic oxidation sites excluding steroid dienone is 4. The first-order valence-electron chi connectivity index (χ1n) is 3.15. The molecule has 0 aromatic rings. The highest BCUT2D eigenvalue weighted by Gasteiger charge is 2.02. The van der Waals surface area contributed by atoms with E-state index in [1.807, 2.05) is 12.2 Å². The van der Waals surface area contributed by atoms with Crippen molar-refractivity contribution in [3.8, 4) is 0 Å². The highest BCUT2D eigenvalue weighted by Crippen LogP contribution is 2.11. The van der Waals surface area contributed by atoms with E-state index in [1.165, 1.54) is 5.57 Å². The van der Waals surface area contributed by atoms with Gasteiger partial charge in [-0.3, -0.25) is 0 Å². The molecule has 9 heavy (non-hydrogen) atoms. The van der Waals surface area contributed by atoms with Gasteiger partial charge in [0.1, 0.15) is 0 Å². The maximum Gasteiger partial charge on any atom is 0.0228 e. The monoisotopic (exact) mass is 137 g/mol. The molecule has 0 N–H and O–H groups in total. The molecule has 1 heteroatoms. The first-order chi connectivity index (χ1) is 4.34. The lowest BCUT2D eigenvalue weighted by Crippen LogP contribution is -1.99. The summed E-state index contributed by atoms with van der Waals surface area (Å²) < 4.78 is 0. The summed E-state index contributed by atoms with van der Waals surface area (Å²) >= 11 is 5.08. The number of hydrogen-bond acceptors (Lipinski definition) is 1. The van der Waals surface area contributed by atoms with Crippen LogP contribution in [0, 0.1) is 6.08 Å². The van der Waals surface area contributed by atoms with Crippen LogP contribution in [0.4, 0.5) is 0 Å². The van der Waals surface area contributed by atoms with E-state index in [2.05, 4.69) is 13.0 Å². The minimum atomic E-state index is 0.936. The van der Waals surface area contributed by atoms with Crippen LogP contribution in [0.3, 0.4) is 0 Å². The normalized spacial score (nSPS) is 17.9. The van der Waals surface area contributed by atoms with Gasteiger partial charge in [-0.15, -0.1) is 0 Å². The largest absolute Gasteiger partial charge is 0.0843 e. The summed E-state index contributed by atoms with van der Waals surface area (Å²) in [5.74, 6) is 0. The average Bonchev–Trinajstić information content (AvgIpc) is 1.89. The lowest BCUT2D eigenvalue weighted by molar-refractivity contribution is 1.15. The Kier molecular flexibility index (Phi) is 2.17. The molecule has 0 spiro atoms. The molecule has 0 aliphatic heterocycles. The Hall–Kier alpha value is -0.430. The van der Waals surface area contributed by atoms with Crippen molar-refractivity contribution in [2.45, 2.75) is 19.8 Å². The summed E-state index contributed by atoms with van der Waals surface area (Å²) in [7, 11) is 0. The van der Waals surface area contributed by atoms with E-state index in [9.17, 15) is 0 Å². The van der Waals surface area contributed by atoms with Gasteiger partial charge in [0, 0.05) is 11.3 Å². The van der Waals surface area contributed by atoms with Gasteiger partial charge in [0.15, 0.2) is 0 Å². The molecule has 0 unspecified atom stereocenters. The Morgan fingerprint density at radius 1 is 1.78 bits per heavy atom. The Bertz CT molecular complexity index is 175. The van der Waals surface area contributed by atoms with E-state index < -0.39 is 0 Å². The maximum atomic E-state index is 5.08. The quantitative estimate of drug-likeness (QED) is 0.500. The molecule has 1 aliphatic rings. The Balaban J connectivity index is 2.74. The fourth-order valence-corrected chi connectivity index (χ4v) is 1.13. The molecular weight excluding hydrogens is 128 g/mol. The van der Waals surface area contributed by atoms with Crippen molar-refractivity contribution >= 4 is 17.1 Å². The second kappa shape index (κ2) is 2.92. The molecule has 0 saturated carbocycles. The molecule has 47 valence electrons. The van der Waals surface area contributed by atoms with Crippen LogP contribution < -0.4 is 0 Å². The molecule has 0 aromatic heterocycles. The fourth-order valence-electron chi connectivity index (χ4n) is 0.828. The van der Waals surface area contributed by atoms with Crippen molar-refractivity contribution in [2.75, 3.05) is 0 Å². The molecule has 1 radical (unpaired) electrons. The highest BCUT2D eigenvalue weighted by atomic mass is 32.1. The summed E-state index contributed by atoms with van der Waals surface area (Å²) in [5, 5.41) is 0. The van der Waals surface area contributed by atoms with Crippen LogP contribution in [0.2, 0.25) is 0 Å². The summed E-state index contributed by atoms with van der Waals surface area (Å²) in [4.78, 5) is 1.06. The van der Waals surface area contributed by atoms with E-state index in [1.54, 1.807) is 0 Å². The zero-order chi connectivity index (χ0) is 6.69. The summed E-state index contributed by atoms with van der Waals surface area (Å²) in [5.41, 5.74) is 1.20. The van der Waals surface area contributed by atoms with Gasteiger partial charge in [0.2, 0.25) is 0 Å². The smallest absolute Gasteiger partial charge is 0.0228 e. The molecule has 0 bridgehead atoms. The molecule has 0 fully saturated rings. The molecule has 1 rings (SSSR count). The van der Waals surface area contributed by atoms with Crippen LogP contribution in [-0.4, -0.2) is 4.86 Å². The van der Waals surface area contributed by atoms with E-state index >= 15 is 0 Å². The van der Waals surface area contributed by atoms with E-state index in [4.69, 9.17) is 12.2 Å². The van der Waals surface area contributed by atoms with Gasteiger partial charge in [-0.1, -0.05) is 31.3 Å². The number of hydrogen-bond donors (Lipinski definition) is 0. The first kappa shape index (κ1) is 6.69. The van der Waals surface area contributed by atoms with Crippen molar-refractivity contribution in [1.29, 1.82) is 0 Å². The van der Waals surface area contributed by atoms with Crippen molar-refractivity contribution in [3.63, 3.8) is 0 Å². The Morgan fingerprint density at radius 3 is 3.00 bits per heavy atom. The summed E-state index contributed by atoms with van der Waals surface area (Å²) in [6, 6.07) is 0. The van der Waals surface area contributed by atoms with Gasteiger partial charge in [0.25, 0.3) is 0 Å². The number of rotatable bonds is 1. The third-order valence-corrected chi connectivity index (χ3v) is 1.78. The van der Waals surface area contributed by atoms with Crippen molar-refractivity contribution in [1.82, 2.24) is 0 Å². The Labute approximate surface area is 61.3 Å². The molecule has 0 aromatic carbocycles. The molecule has 0 saturated heterocycles. The predicted octanol–water partition coefficient (Wildman–Crippen LogP) is 2.46. The zero-order valence-electron chi connectivity index (χ0n) is 5.48. The zero-order valence-corrected chi connectivity index (χ0v) is 6.29. The van der Waals surface area contributed by atoms with Crippen molar-refractivity contribution in [2.24, 2.45) is 0 Å². The van der Waals surface area contributed by atoms with Crippen LogP contribution in [-0.2, 0) is 0 Å². The SMILES string of the molecule is CCC1=[C]C=CCC1=S. The molecular formula is C8H9S. The third-order valence-electron chi connectivity index (χ3n) is 1.37. The molecule has 0 heterocycles. The standard InChI is InChI=1S/C8H9S/c1-2-7-5-3-4-6-8(7)9/h3-4H,2,6H2,1H3. The lowest BCUT2D eigenvalue weighted by atomic mass is 10.0. The van der Waals surface area contributed by atoms with Crippen molar-refractivity contribution in [3.05, 3.63) is 23.8 Å².